The van der Waals surface area contributed by atoms with Crippen LogP contribution < -0.4 is 10.1 Å². The van der Waals surface area contributed by atoms with Gasteiger partial charge in [0.15, 0.2) is 23.9 Å². The number of aromatic nitrogens is 1. The average molecular weight is 353 g/mol. The van der Waals surface area contributed by atoms with Crippen molar-refractivity contribution in [2.75, 3.05) is 14.1 Å². The standard InChI is InChI=1S/C16H17F2N3O4/c1-9(15(22)19-2)21(3)16(23)11-7-25-13(20-11)8-24-12-6-4-5-10(17)14(12)18/h4-7,9H,8H2,1-3H3,(H,19,22)/t9-/m0/s1. The predicted octanol–water partition coefficient (Wildman–Crippen LogP) is 1.74. The van der Waals surface area contributed by atoms with Gasteiger partial charge in [0.1, 0.15) is 12.3 Å². The number of carbonyl (C=O) groups is 2. The first kappa shape index (κ1) is 18.4. The number of halogens is 2. The number of hydrogen-bond donors (Lipinski definition) is 1. The summed E-state index contributed by atoms with van der Waals surface area (Å²) in [6, 6.07) is 2.82. The first-order valence-corrected chi connectivity index (χ1v) is 7.35. The van der Waals surface area contributed by atoms with Crippen LogP contribution in [0.2, 0.25) is 0 Å². The Bertz CT molecular complexity index is 778. The van der Waals surface area contributed by atoms with E-state index in [4.69, 9.17) is 9.15 Å². The van der Waals surface area contributed by atoms with E-state index in [-0.39, 0.29) is 29.8 Å². The monoisotopic (exact) mass is 353 g/mol. The Kier molecular flexibility index (Phi) is 5.68. The van der Waals surface area contributed by atoms with Gasteiger partial charge in [-0.1, -0.05) is 6.07 Å². The second kappa shape index (κ2) is 7.73. The molecule has 2 amide bonds. The van der Waals surface area contributed by atoms with Gasteiger partial charge in [-0.05, 0) is 19.1 Å². The van der Waals surface area contributed by atoms with Gasteiger partial charge in [-0.15, -0.1) is 0 Å². The minimum absolute atomic E-state index is 0.00741. The van der Waals surface area contributed by atoms with Crippen molar-refractivity contribution in [3.8, 4) is 5.75 Å². The van der Waals surface area contributed by atoms with Crippen LogP contribution in [0.3, 0.4) is 0 Å². The molecular weight excluding hydrogens is 336 g/mol. The summed E-state index contributed by atoms with van der Waals surface area (Å²) in [6.45, 7) is 1.27. The number of ether oxygens (including phenoxy) is 1. The zero-order valence-corrected chi connectivity index (χ0v) is 13.9. The third-order valence-corrected chi connectivity index (χ3v) is 3.57. The van der Waals surface area contributed by atoms with Gasteiger partial charge in [-0.25, -0.2) is 9.37 Å². The molecule has 0 unspecified atom stereocenters. The van der Waals surface area contributed by atoms with Gasteiger partial charge in [0.2, 0.25) is 17.6 Å². The molecule has 1 aromatic carbocycles. The van der Waals surface area contributed by atoms with Crippen LogP contribution in [0.1, 0.15) is 23.3 Å². The van der Waals surface area contributed by atoms with Crippen LogP contribution in [-0.2, 0) is 11.4 Å². The Balaban J connectivity index is 2.03. The molecule has 1 atom stereocenters. The van der Waals surface area contributed by atoms with Gasteiger partial charge in [-0.2, -0.15) is 4.39 Å². The van der Waals surface area contributed by atoms with E-state index in [2.05, 4.69) is 10.3 Å². The van der Waals surface area contributed by atoms with Gasteiger partial charge in [-0.3, -0.25) is 9.59 Å². The SMILES string of the molecule is CNC(=O)[C@H](C)N(C)C(=O)c1coc(COc2cccc(F)c2F)n1. The summed E-state index contributed by atoms with van der Waals surface area (Å²) >= 11 is 0. The van der Waals surface area contributed by atoms with Crippen molar-refractivity contribution in [2.24, 2.45) is 0 Å². The summed E-state index contributed by atoms with van der Waals surface area (Å²) in [5.74, 6) is -3.30. The number of hydrogen-bond acceptors (Lipinski definition) is 5. The fraction of sp³-hybridized carbons (Fsp3) is 0.312. The molecule has 7 nitrogen and oxygen atoms in total. The number of nitrogens with zero attached hydrogens (tertiary/aromatic N) is 2. The molecule has 0 aliphatic rings. The van der Waals surface area contributed by atoms with Crippen molar-refractivity contribution in [2.45, 2.75) is 19.6 Å². The second-order valence-electron chi connectivity index (χ2n) is 5.17. The maximum absolute atomic E-state index is 13.5. The fourth-order valence-corrected chi connectivity index (χ4v) is 1.95. The first-order chi connectivity index (χ1) is 11.8. The number of nitrogens with one attached hydrogen (secondary N) is 1. The first-order valence-electron chi connectivity index (χ1n) is 7.35. The lowest BCUT2D eigenvalue weighted by atomic mass is 10.2. The molecule has 1 heterocycles. The largest absolute Gasteiger partial charge is 0.481 e. The zero-order chi connectivity index (χ0) is 18.6. The topological polar surface area (TPSA) is 84.7 Å². The molecule has 0 saturated carbocycles. The van der Waals surface area contributed by atoms with E-state index in [9.17, 15) is 18.4 Å². The van der Waals surface area contributed by atoms with E-state index < -0.39 is 23.6 Å². The maximum atomic E-state index is 13.5. The summed E-state index contributed by atoms with van der Waals surface area (Å²) in [6.07, 6.45) is 1.11. The normalized spacial score (nSPS) is 11.7. The van der Waals surface area contributed by atoms with Crippen LogP contribution in [0.5, 0.6) is 5.75 Å². The maximum Gasteiger partial charge on any atom is 0.276 e. The summed E-state index contributed by atoms with van der Waals surface area (Å²) in [4.78, 5) is 29.0. The van der Waals surface area contributed by atoms with E-state index in [0.717, 1.165) is 12.3 Å². The molecule has 1 aromatic heterocycles. The smallest absolute Gasteiger partial charge is 0.276 e. The molecule has 134 valence electrons. The van der Waals surface area contributed by atoms with Crippen molar-refractivity contribution in [1.29, 1.82) is 0 Å². The van der Waals surface area contributed by atoms with Gasteiger partial charge < -0.3 is 19.4 Å². The highest BCUT2D eigenvalue weighted by molar-refractivity contribution is 5.95. The zero-order valence-electron chi connectivity index (χ0n) is 13.9. The van der Waals surface area contributed by atoms with Crippen molar-refractivity contribution in [3.63, 3.8) is 0 Å². The quantitative estimate of drug-likeness (QED) is 0.855. The highest BCUT2D eigenvalue weighted by atomic mass is 19.2. The highest BCUT2D eigenvalue weighted by Crippen LogP contribution is 2.20. The molecule has 2 aromatic rings. The van der Waals surface area contributed by atoms with Gasteiger partial charge in [0, 0.05) is 14.1 Å². The lowest BCUT2D eigenvalue weighted by molar-refractivity contribution is -0.124. The van der Waals surface area contributed by atoms with E-state index >= 15 is 0 Å². The Morgan fingerprint density at radius 1 is 1.40 bits per heavy atom. The van der Waals surface area contributed by atoms with Crippen molar-refractivity contribution >= 4 is 11.8 Å². The number of oxazole rings is 1. The molecule has 0 saturated heterocycles. The summed E-state index contributed by atoms with van der Waals surface area (Å²) in [5.41, 5.74) is -0.0310. The second-order valence-corrected chi connectivity index (χ2v) is 5.17. The number of amides is 2. The molecule has 0 spiro atoms. The molecule has 0 aliphatic carbocycles. The number of rotatable bonds is 6. The fourth-order valence-electron chi connectivity index (χ4n) is 1.95. The molecule has 9 heteroatoms. The van der Waals surface area contributed by atoms with Crippen LogP contribution in [0.15, 0.2) is 28.9 Å². The van der Waals surface area contributed by atoms with Gasteiger partial charge >= 0.3 is 0 Å². The Morgan fingerprint density at radius 3 is 2.80 bits per heavy atom. The number of carbonyl (C=O) groups excluding carboxylic acids is 2. The molecular formula is C16H17F2N3O4. The summed E-state index contributed by atoms with van der Waals surface area (Å²) in [5, 5.41) is 2.44. The molecule has 0 aliphatic heterocycles. The van der Waals surface area contributed by atoms with Crippen molar-refractivity contribution in [3.05, 3.63) is 47.7 Å². The van der Waals surface area contributed by atoms with Crippen LogP contribution in [0.25, 0.3) is 0 Å². The predicted molar refractivity (Wildman–Crippen MR) is 82.8 cm³/mol. The van der Waals surface area contributed by atoms with Crippen molar-refractivity contribution in [1.82, 2.24) is 15.2 Å². The Labute approximate surface area is 142 Å². The minimum atomic E-state index is -1.12. The molecule has 0 radical (unpaired) electrons. The molecule has 25 heavy (non-hydrogen) atoms. The van der Waals surface area contributed by atoms with Crippen LogP contribution in [0, 0.1) is 11.6 Å². The Morgan fingerprint density at radius 2 is 2.12 bits per heavy atom. The lowest BCUT2D eigenvalue weighted by Gasteiger charge is -2.22. The molecule has 0 fully saturated rings. The van der Waals surface area contributed by atoms with Gasteiger partial charge in [0.05, 0.1) is 0 Å². The Hall–Kier alpha value is -2.97. The molecule has 0 bridgehead atoms. The third kappa shape index (κ3) is 4.11. The minimum Gasteiger partial charge on any atom is -0.481 e. The van der Waals surface area contributed by atoms with E-state index in [1.165, 1.54) is 31.1 Å². The van der Waals surface area contributed by atoms with Crippen LogP contribution in [-0.4, -0.2) is 41.8 Å². The third-order valence-electron chi connectivity index (χ3n) is 3.57. The van der Waals surface area contributed by atoms with E-state index in [0.29, 0.717) is 0 Å². The molecule has 1 N–H and O–H groups in total. The molecule has 2 rings (SSSR count). The van der Waals surface area contributed by atoms with Crippen LogP contribution in [0.4, 0.5) is 8.78 Å². The van der Waals surface area contributed by atoms with E-state index in [1.54, 1.807) is 6.92 Å². The van der Waals surface area contributed by atoms with Crippen LogP contribution >= 0.6 is 0 Å². The van der Waals surface area contributed by atoms with Gasteiger partial charge in [0.25, 0.3) is 5.91 Å². The summed E-state index contributed by atoms with van der Waals surface area (Å²) < 4.78 is 36.8. The number of likely N-dealkylation sites (N-methyl/N-ethyl adjacent to an activating group) is 2. The lowest BCUT2D eigenvalue weighted by Crippen LogP contribution is -2.44. The number of benzene rings is 1. The van der Waals surface area contributed by atoms with E-state index in [1.807, 2.05) is 0 Å². The van der Waals surface area contributed by atoms with Crippen molar-refractivity contribution < 1.29 is 27.5 Å². The summed E-state index contributed by atoms with van der Waals surface area (Å²) in [7, 11) is 2.92. The highest BCUT2D eigenvalue weighted by Gasteiger charge is 2.25. The average Bonchev–Trinajstić information content (AvgIpc) is 3.09.